The van der Waals surface area contributed by atoms with Crippen LogP contribution in [0.15, 0.2) is 24.4 Å². The average Bonchev–Trinajstić information content (AvgIpc) is 2.05. The predicted octanol–water partition coefficient (Wildman–Crippen LogP) is 0.0868. The molecule has 0 radical (unpaired) electrons. The van der Waals surface area contributed by atoms with Gasteiger partial charge < -0.3 is 15.2 Å². The van der Waals surface area contributed by atoms with Gasteiger partial charge in [0.15, 0.2) is 0 Å². The van der Waals surface area contributed by atoms with Gasteiger partial charge in [-0.3, -0.25) is 0 Å². The van der Waals surface area contributed by atoms with E-state index in [1.807, 2.05) is 0 Å². The Hall–Kier alpha value is -1.29. The van der Waals surface area contributed by atoms with Gasteiger partial charge in [0.1, 0.15) is 0 Å². The fraction of sp³-hybridized carbons (Fsp3) is 0.286. The van der Waals surface area contributed by atoms with Crippen molar-refractivity contribution in [3.05, 3.63) is 24.4 Å². The number of methoxy groups -OCH3 is 1. The fourth-order valence-electron chi connectivity index (χ4n) is 0.814. The number of carboxylic acids is 1. The van der Waals surface area contributed by atoms with Crippen LogP contribution in [0.25, 0.3) is 0 Å². The van der Waals surface area contributed by atoms with Crippen molar-refractivity contribution in [2.45, 2.75) is 5.72 Å². The number of carboxylic acid groups (broad SMARTS) is 1. The van der Waals surface area contributed by atoms with Crippen molar-refractivity contribution in [2.24, 2.45) is 0 Å². The number of hydrogen-bond acceptors (Lipinski definition) is 3. The summed E-state index contributed by atoms with van der Waals surface area (Å²) in [5.74, 6) is -1.06. The highest BCUT2D eigenvalue weighted by atomic mass is 16.5. The summed E-state index contributed by atoms with van der Waals surface area (Å²) >= 11 is 0. The number of dihydropyridines is 1. The van der Waals surface area contributed by atoms with Crippen LogP contribution in [0.4, 0.5) is 0 Å². The summed E-state index contributed by atoms with van der Waals surface area (Å²) in [7, 11) is 1.34. The second-order valence-electron chi connectivity index (χ2n) is 2.11. The third-order valence-electron chi connectivity index (χ3n) is 1.48. The lowest BCUT2D eigenvalue weighted by Crippen LogP contribution is -2.50. The van der Waals surface area contributed by atoms with E-state index in [1.54, 1.807) is 12.2 Å². The Morgan fingerprint density at radius 2 is 2.36 bits per heavy atom. The number of allylic oxidation sites excluding steroid dienone is 2. The van der Waals surface area contributed by atoms with Crippen molar-refractivity contribution in [2.75, 3.05) is 7.11 Å². The molecule has 0 saturated heterocycles. The molecule has 1 aliphatic rings. The molecule has 1 unspecified atom stereocenters. The highest BCUT2D eigenvalue weighted by molar-refractivity contribution is 5.80. The Bertz CT molecular complexity index is 222. The maximum absolute atomic E-state index is 10.6. The largest absolute Gasteiger partial charge is 0.477 e. The number of rotatable bonds is 2. The molecule has 0 aliphatic carbocycles. The van der Waals surface area contributed by atoms with E-state index in [1.165, 1.54) is 19.4 Å². The first-order valence-electron chi connectivity index (χ1n) is 3.12. The van der Waals surface area contributed by atoms with Gasteiger partial charge in [0.05, 0.1) is 0 Å². The molecule has 0 bridgehead atoms. The first kappa shape index (κ1) is 7.81. The lowest BCUT2D eigenvalue weighted by molar-refractivity contribution is -0.158. The summed E-state index contributed by atoms with van der Waals surface area (Å²) < 4.78 is 4.79. The number of carbonyl (C=O) groups is 1. The SMILES string of the molecule is COC1(C(=O)O)C=CC=CN1. The molecule has 1 aliphatic heterocycles. The molecule has 11 heavy (non-hydrogen) atoms. The van der Waals surface area contributed by atoms with Gasteiger partial charge in [-0.15, -0.1) is 0 Å². The lowest BCUT2D eigenvalue weighted by atomic mass is 10.1. The van der Waals surface area contributed by atoms with Crippen molar-refractivity contribution in [1.82, 2.24) is 5.32 Å². The Morgan fingerprint density at radius 1 is 1.64 bits per heavy atom. The van der Waals surface area contributed by atoms with Gasteiger partial charge in [-0.1, -0.05) is 6.08 Å². The van der Waals surface area contributed by atoms with Crippen LogP contribution in [0.2, 0.25) is 0 Å². The molecule has 0 spiro atoms. The van der Waals surface area contributed by atoms with Crippen LogP contribution in [0.5, 0.6) is 0 Å². The van der Waals surface area contributed by atoms with Crippen molar-refractivity contribution in [3.63, 3.8) is 0 Å². The van der Waals surface area contributed by atoms with Crippen molar-refractivity contribution < 1.29 is 14.6 Å². The lowest BCUT2D eigenvalue weighted by Gasteiger charge is -2.25. The quantitative estimate of drug-likeness (QED) is 0.593. The topological polar surface area (TPSA) is 58.6 Å². The number of aliphatic carboxylic acids is 1. The molecule has 0 aromatic heterocycles. The number of ether oxygens (including phenoxy) is 1. The molecular weight excluding hydrogens is 146 g/mol. The second-order valence-corrected chi connectivity index (χ2v) is 2.11. The summed E-state index contributed by atoms with van der Waals surface area (Å²) in [6.45, 7) is 0. The minimum atomic E-state index is -1.38. The molecule has 0 amide bonds. The molecule has 0 aromatic carbocycles. The van der Waals surface area contributed by atoms with Crippen LogP contribution < -0.4 is 5.32 Å². The monoisotopic (exact) mass is 155 g/mol. The summed E-state index contributed by atoms with van der Waals surface area (Å²) in [6.07, 6.45) is 6.28. The van der Waals surface area contributed by atoms with Crippen LogP contribution >= 0.6 is 0 Å². The Balaban J connectivity index is 2.85. The van der Waals surface area contributed by atoms with E-state index in [9.17, 15) is 4.79 Å². The van der Waals surface area contributed by atoms with Crippen molar-refractivity contribution in [1.29, 1.82) is 0 Å². The standard InChI is InChI=1S/C7H9NO3/c1-11-7(6(9)10)4-2-3-5-8-7/h2-5,8H,1H3,(H,9,10). The smallest absolute Gasteiger partial charge is 0.361 e. The Morgan fingerprint density at radius 3 is 2.64 bits per heavy atom. The zero-order valence-corrected chi connectivity index (χ0v) is 6.07. The summed E-state index contributed by atoms with van der Waals surface area (Å²) in [6, 6.07) is 0. The van der Waals surface area contributed by atoms with E-state index >= 15 is 0 Å². The molecule has 1 rings (SSSR count). The zero-order chi connectivity index (χ0) is 8.32. The third kappa shape index (κ3) is 1.25. The van der Waals surface area contributed by atoms with Crippen LogP contribution in [0.1, 0.15) is 0 Å². The van der Waals surface area contributed by atoms with Crippen molar-refractivity contribution in [3.8, 4) is 0 Å². The van der Waals surface area contributed by atoms with Gasteiger partial charge in [-0.25, -0.2) is 4.79 Å². The minimum Gasteiger partial charge on any atom is -0.477 e. The normalized spacial score (nSPS) is 28.1. The van der Waals surface area contributed by atoms with E-state index < -0.39 is 11.7 Å². The molecule has 4 nitrogen and oxygen atoms in total. The van der Waals surface area contributed by atoms with Crippen molar-refractivity contribution >= 4 is 5.97 Å². The number of nitrogens with one attached hydrogen (secondary N) is 1. The summed E-state index contributed by atoms with van der Waals surface area (Å²) in [5.41, 5.74) is -1.38. The number of hydrogen-bond donors (Lipinski definition) is 2. The predicted molar refractivity (Wildman–Crippen MR) is 38.8 cm³/mol. The van der Waals surface area contributed by atoms with Gasteiger partial charge >= 0.3 is 5.97 Å². The molecule has 2 N–H and O–H groups in total. The van der Waals surface area contributed by atoms with Gasteiger partial charge in [0.25, 0.3) is 5.72 Å². The van der Waals surface area contributed by atoms with Crippen LogP contribution in [0.3, 0.4) is 0 Å². The van der Waals surface area contributed by atoms with E-state index in [-0.39, 0.29) is 0 Å². The summed E-state index contributed by atoms with van der Waals surface area (Å²) in [5, 5.41) is 11.3. The van der Waals surface area contributed by atoms with Crippen LogP contribution in [-0.2, 0) is 9.53 Å². The zero-order valence-electron chi connectivity index (χ0n) is 6.07. The van der Waals surface area contributed by atoms with Gasteiger partial charge in [-0.2, -0.15) is 0 Å². The highest BCUT2D eigenvalue weighted by Crippen LogP contribution is 2.11. The van der Waals surface area contributed by atoms with Gasteiger partial charge in [0, 0.05) is 7.11 Å². The Kier molecular flexibility index (Phi) is 1.96. The van der Waals surface area contributed by atoms with Gasteiger partial charge in [-0.05, 0) is 18.4 Å². The summed E-state index contributed by atoms with van der Waals surface area (Å²) in [4.78, 5) is 10.6. The van der Waals surface area contributed by atoms with Crippen LogP contribution in [-0.4, -0.2) is 23.9 Å². The Labute approximate surface area is 64.2 Å². The first-order valence-corrected chi connectivity index (χ1v) is 3.12. The molecule has 1 heterocycles. The van der Waals surface area contributed by atoms with E-state index in [2.05, 4.69) is 5.32 Å². The molecule has 1 atom stereocenters. The van der Waals surface area contributed by atoms with E-state index in [0.717, 1.165) is 0 Å². The van der Waals surface area contributed by atoms with E-state index in [0.29, 0.717) is 0 Å². The van der Waals surface area contributed by atoms with E-state index in [4.69, 9.17) is 9.84 Å². The molecule has 4 heteroatoms. The third-order valence-corrected chi connectivity index (χ3v) is 1.48. The maximum atomic E-state index is 10.6. The maximum Gasteiger partial charge on any atom is 0.361 e. The second kappa shape index (κ2) is 2.75. The van der Waals surface area contributed by atoms with Gasteiger partial charge in [0.2, 0.25) is 0 Å². The van der Waals surface area contributed by atoms with Crippen LogP contribution in [0, 0.1) is 0 Å². The minimum absolute atomic E-state index is 1.06. The molecule has 0 saturated carbocycles. The average molecular weight is 155 g/mol. The fourth-order valence-corrected chi connectivity index (χ4v) is 0.814. The molecule has 0 aromatic rings. The molecular formula is C7H9NO3. The first-order chi connectivity index (χ1) is 5.21. The molecule has 0 fully saturated rings. The molecule has 60 valence electrons. The highest BCUT2D eigenvalue weighted by Gasteiger charge is 2.35.